The Kier molecular flexibility index (Phi) is 6.35. The number of para-hydroxylation sites is 3. The van der Waals surface area contributed by atoms with Gasteiger partial charge in [-0.2, -0.15) is 0 Å². The molecule has 0 radical (unpaired) electrons. The predicted molar refractivity (Wildman–Crippen MR) is 177 cm³/mol. The lowest BCUT2D eigenvalue weighted by Gasteiger charge is -2.29. The average Bonchev–Trinajstić information content (AvgIpc) is 3.36. The third kappa shape index (κ3) is 4.74. The second-order valence-electron chi connectivity index (χ2n) is 10.4. The number of rotatable bonds is 5. The number of pyridine rings is 2. The van der Waals surface area contributed by atoms with Gasteiger partial charge in [0.05, 0.1) is 22.7 Å². The smallest absolute Gasteiger partial charge is 0.219 e. The van der Waals surface area contributed by atoms with Gasteiger partial charge in [0.1, 0.15) is 17.3 Å². The molecule has 0 atom stereocenters. The quantitative estimate of drug-likeness (QED) is 0.222. The second kappa shape index (κ2) is 10.9. The van der Waals surface area contributed by atoms with Crippen LogP contribution in [0.1, 0.15) is 22.3 Å². The number of nitrogens with zero attached hydrogens (tertiary/aromatic N) is 3. The van der Waals surface area contributed by atoms with Gasteiger partial charge in [0.25, 0.3) is 0 Å². The lowest BCUT2D eigenvalue weighted by molar-refractivity contribution is 0.449. The molecule has 2 aliphatic rings. The van der Waals surface area contributed by atoms with Crippen LogP contribution in [-0.4, -0.2) is 9.97 Å². The molecule has 44 heavy (non-hydrogen) atoms. The molecule has 0 saturated heterocycles. The molecule has 0 bridgehead atoms. The minimum Gasteiger partial charge on any atom is -0.455 e. The van der Waals surface area contributed by atoms with Crippen LogP contribution in [0, 0.1) is 0 Å². The zero-order valence-electron chi connectivity index (χ0n) is 23.6. The van der Waals surface area contributed by atoms with Crippen molar-refractivity contribution in [3.05, 3.63) is 150 Å². The number of ether oxygens (including phenoxy) is 2. The fourth-order valence-electron chi connectivity index (χ4n) is 5.58. The van der Waals surface area contributed by atoms with E-state index in [1.807, 2.05) is 66.9 Å². The molecule has 2 aromatic heterocycles. The highest BCUT2D eigenvalue weighted by molar-refractivity contribution is 6.00. The van der Waals surface area contributed by atoms with E-state index in [2.05, 4.69) is 94.1 Å². The molecule has 6 heteroatoms. The maximum absolute atomic E-state index is 6.51. The Morgan fingerprint density at radius 2 is 1.16 bits per heavy atom. The van der Waals surface area contributed by atoms with Crippen LogP contribution >= 0.6 is 0 Å². The van der Waals surface area contributed by atoms with Gasteiger partial charge in [-0.15, -0.1) is 0 Å². The van der Waals surface area contributed by atoms with Crippen LogP contribution in [0.2, 0.25) is 0 Å². The van der Waals surface area contributed by atoms with E-state index < -0.39 is 0 Å². The topological polar surface area (TPSA) is 59.5 Å². The van der Waals surface area contributed by atoms with Crippen molar-refractivity contribution in [2.75, 3.05) is 10.2 Å². The molecule has 0 fully saturated rings. The lowest BCUT2D eigenvalue weighted by atomic mass is 10.1. The number of benzene rings is 4. The third-order valence-electron chi connectivity index (χ3n) is 7.61. The fraction of sp³-hybridized carbons (Fsp3) is 0. The van der Waals surface area contributed by atoms with E-state index in [4.69, 9.17) is 14.5 Å². The van der Waals surface area contributed by atoms with Crippen molar-refractivity contribution in [3.8, 4) is 23.1 Å². The molecule has 4 heterocycles. The Morgan fingerprint density at radius 1 is 0.500 bits per heavy atom. The summed E-state index contributed by atoms with van der Waals surface area (Å²) in [5.41, 5.74) is 8.10. The Balaban J connectivity index is 1.20. The van der Waals surface area contributed by atoms with E-state index in [0.717, 1.165) is 50.8 Å². The van der Waals surface area contributed by atoms with Crippen LogP contribution in [0.15, 0.2) is 128 Å². The van der Waals surface area contributed by atoms with Crippen LogP contribution in [0.25, 0.3) is 24.3 Å². The van der Waals surface area contributed by atoms with Gasteiger partial charge in [-0.3, -0.25) is 4.90 Å². The highest BCUT2D eigenvalue weighted by Gasteiger charge is 2.25. The van der Waals surface area contributed by atoms with Gasteiger partial charge < -0.3 is 14.8 Å². The summed E-state index contributed by atoms with van der Waals surface area (Å²) in [6.07, 6.45) is 12.1. The summed E-state index contributed by atoms with van der Waals surface area (Å²) in [5, 5.41) is 3.78. The Labute approximate surface area is 255 Å². The SMILES string of the molecule is C1=Cc2cccnc2N(c2cccc3c2Nc2c(cccc2Oc2cccc(Oc4ccccn4)c2)C=C3)c2ccccc21. The van der Waals surface area contributed by atoms with Gasteiger partial charge in [0.2, 0.25) is 5.88 Å². The zero-order chi connectivity index (χ0) is 29.3. The van der Waals surface area contributed by atoms with Gasteiger partial charge >= 0.3 is 0 Å². The Hall–Kier alpha value is -6.14. The summed E-state index contributed by atoms with van der Waals surface area (Å²) in [4.78, 5) is 11.4. The van der Waals surface area contributed by atoms with Crippen molar-refractivity contribution < 1.29 is 9.47 Å². The van der Waals surface area contributed by atoms with Crippen molar-refractivity contribution >= 4 is 52.9 Å². The monoisotopic (exact) mass is 570 g/mol. The average molecular weight is 571 g/mol. The fourth-order valence-corrected chi connectivity index (χ4v) is 5.58. The molecule has 6 nitrogen and oxygen atoms in total. The maximum atomic E-state index is 6.51. The first kappa shape index (κ1) is 25.6. The molecule has 0 spiro atoms. The van der Waals surface area contributed by atoms with Crippen molar-refractivity contribution in [3.63, 3.8) is 0 Å². The first-order valence-corrected chi connectivity index (χ1v) is 14.4. The standard InChI is InChI=1S/C38H26N4O2/c1-2-15-32-26(9-1)19-22-29-12-8-24-40-38(29)42(32)33-16-5-10-27-20-21-28-11-6-17-34(37(28)41-36(27)33)43-30-13-7-14-31(25-30)44-35-18-3-4-23-39-35/h1-25,41H. The molecule has 210 valence electrons. The highest BCUT2D eigenvalue weighted by atomic mass is 16.5. The highest BCUT2D eigenvalue weighted by Crippen LogP contribution is 2.48. The van der Waals surface area contributed by atoms with Gasteiger partial charge in [0.15, 0.2) is 5.75 Å². The maximum Gasteiger partial charge on any atom is 0.219 e. The predicted octanol–water partition coefficient (Wildman–Crippen LogP) is 10.2. The lowest BCUT2D eigenvalue weighted by Crippen LogP contribution is -2.15. The zero-order valence-corrected chi connectivity index (χ0v) is 23.6. The van der Waals surface area contributed by atoms with Crippen LogP contribution in [-0.2, 0) is 0 Å². The second-order valence-corrected chi connectivity index (χ2v) is 10.4. The first-order chi connectivity index (χ1) is 21.8. The van der Waals surface area contributed by atoms with E-state index in [1.165, 1.54) is 0 Å². The molecular weight excluding hydrogens is 544 g/mol. The molecule has 1 N–H and O–H groups in total. The van der Waals surface area contributed by atoms with Crippen molar-refractivity contribution in [1.82, 2.24) is 9.97 Å². The van der Waals surface area contributed by atoms with E-state index in [0.29, 0.717) is 23.1 Å². The summed E-state index contributed by atoms with van der Waals surface area (Å²) in [7, 11) is 0. The molecular formula is C38H26N4O2. The molecule has 0 amide bonds. The molecule has 0 saturated carbocycles. The summed E-state index contributed by atoms with van der Waals surface area (Å²) >= 11 is 0. The molecule has 4 aromatic carbocycles. The minimum absolute atomic E-state index is 0.524. The van der Waals surface area contributed by atoms with Crippen LogP contribution < -0.4 is 19.7 Å². The van der Waals surface area contributed by atoms with Crippen LogP contribution in [0.4, 0.5) is 28.6 Å². The summed E-state index contributed by atoms with van der Waals surface area (Å²) in [6, 6.07) is 38.0. The summed E-state index contributed by atoms with van der Waals surface area (Å²) < 4.78 is 12.5. The number of anilines is 5. The van der Waals surface area contributed by atoms with Crippen molar-refractivity contribution in [2.45, 2.75) is 0 Å². The summed E-state index contributed by atoms with van der Waals surface area (Å²) in [6.45, 7) is 0. The van der Waals surface area contributed by atoms with Gasteiger partial charge in [-0.25, -0.2) is 9.97 Å². The molecule has 0 unspecified atom stereocenters. The number of aromatic nitrogens is 2. The molecule has 0 aliphatic carbocycles. The minimum atomic E-state index is 0.524. The van der Waals surface area contributed by atoms with Gasteiger partial charge in [0, 0.05) is 41.2 Å². The van der Waals surface area contributed by atoms with E-state index >= 15 is 0 Å². The van der Waals surface area contributed by atoms with Crippen molar-refractivity contribution in [1.29, 1.82) is 0 Å². The molecule has 6 aromatic rings. The van der Waals surface area contributed by atoms with E-state index in [-0.39, 0.29) is 0 Å². The third-order valence-corrected chi connectivity index (χ3v) is 7.61. The van der Waals surface area contributed by atoms with Crippen LogP contribution in [0.5, 0.6) is 23.1 Å². The molecule has 2 aliphatic heterocycles. The molecule has 8 rings (SSSR count). The largest absolute Gasteiger partial charge is 0.455 e. The van der Waals surface area contributed by atoms with E-state index in [1.54, 1.807) is 6.20 Å². The van der Waals surface area contributed by atoms with Gasteiger partial charge in [-0.05, 0) is 54.1 Å². The van der Waals surface area contributed by atoms with Crippen molar-refractivity contribution in [2.24, 2.45) is 0 Å². The Morgan fingerprint density at radius 3 is 2.05 bits per heavy atom. The van der Waals surface area contributed by atoms with Gasteiger partial charge in [-0.1, -0.05) is 78.9 Å². The number of nitrogens with one attached hydrogen (secondary N) is 1. The van der Waals surface area contributed by atoms with Crippen LogP contribution in [0.3, 0.4) is 0 Å². The number of hydrogen-bond donors (Lipinski definition) is 1. The normalized spacial score (nSPS) is 12.5. The van der Waals surface area contributed by atoms with E-state index in [9.17, 15) is 0 Å². The number of hydrogen-bond acceptors (Lipinski definition) is 6. The summed E-state index contributed by atoms with van der Waals surface area (Å²) in [5.74, 6) is 3.38. The Bertz CT molecular complexity index is 2020. The number of fused-ring (bicyclic) bond motifs is 4. The first-order valence-electron chi connectivity index (χ1n) is 14.4.